The minimum atomic E-state index is -4.11. The number of fused-ring (bicyclic) bond motifs is 2. The monoisotopic (exact) mass is 590 g/mol. The number of rotatable bonds is 9. The number of aliphatic hydroxyl groups is 1. The summed E-state index contributed by atoms with van der Waals surface area (Å²) < 4.78 is 41.6. The Hall–Kier alpha value is -2.53. The van der Waals surface area contributed by atoms with Crippen LogP contribution in [0.3, 0.4) is 0 Å². The number of nitrogens with one attached hydrogen (secondary N) is 1. The summed E-state index contributed by atoms with van der Waals surface area (Å²) in [6.07, 6.45) is -2.36. The van der Waals surface area contributed by atoms with Crippen molar-refractivity contribution < 1.29 is 47.4 Å². The smallest absolute Gasteiger partial charge is 0.475 e. The highest BCUT2D eigenvalue weighted by atomic mass is 32.2. The summed E-state index contributed by atoms with van der Waals surface area (Å²) in [6.45, 7) is 6.39. The SMILES string of the molecule is CCOC(=O)NCC(C)(C)C(=O)SCCOP1(=O)OC[C@H]2O[C@@H](n3cnc4c(O)nc(N)nc43)[C@](C)(O)[C@@H]2O1. The zero-order chi connectivity index (χ0) is 28.6. The van der Waals surface area contributed by atoms with E-state index >= 15 is 0 Å². The van der Waals surface area contributed by atoms with Gasteiger partial charge in [0.25, 0.3) is 0 Å². The van der Waals surface area contributed by atoms with Gasteiger partial charge in [-0.15, -0.1) is 0 Å². The standard InChI is InChI=1S/C21H31N6O10PS/c1-5-33-19(30)23-9-20(2,3)17(29)39-7-6-34-38(32)35-8-11-13(37-38)21(4,31)16(36-11)27-10-24-12-14(27)25-18(22)26-15(12)28/h10-11,13,16,31H,5-9H2,1-4H3,(H,23,30)(H3,22,25,26,28)/t11-,13-,16-,21-,38?/m1/s1. The van der Waals surface area contributed by atoms with Gasteiger partial charge in [-0.05, 0) is 13.8 Å². The number of nitrogens with zero attached hydrogens (tertiary/aromatic N) is 4. The number of anilines is 1. The minimum Gasteiger partial charge on any atom is -0.492 e. The molecule has 16 nitrogen and oxygen atoms in total. The first-order valence-corrected chi connectivity index (χ1v) is 14.4. The second-order valence-electron chi connectivity index (χ2n) is 9.68. The highest BCUT2D eigenvalue weighted by molar-refractivity contribution is 8.13. The van der Waals surface area contributed by atoms with Crippen molar-refractivity contribution in [2.24, 2.45) is 5.41 Å². The molecule has 2 aliphatic heterocycles. The quantitative estimate of drug-likeness (QED) is 0.239. The molecule has 1 unspecified atom stereocenters. The van der Waals surface area contributed by atoms with E-state index in [2.05, 4.69) is 20.3 Å². The lowest BCUT2D eigenvalue weighted by Crippen LogP contribution is -2.47. The van der Waals surface area contributed by atoms with Crippen molar-refractivity contribution in [3.8, 4) is 5.88 Å². The molecule has 39 heavy (non-hydrogen) atoms. The largest absolute Gasteiger partial charge is 0.492 e. The predicted molar refractivity (Wildman–Crippen MR) is 137 cm³/mol. The van der Waals surface area contributed by atoms with Crippen molar-refractivity contribution in [2.45, 2.75) is 51.7 Å². The van der Waals surface area contributed by atoms with Gasteiger partial charge in [-0.2, -0.15) is 9.97 Å². The fourth-order valence-corrected chi connectivity index (χ4v) is 6.46. The maximum atomic E-state index is 13.2. The van der Waals surface area contributed by atoms with E-state index in [9.17, 15) is 24.4 Å². The maximum Gasteiger partial charge on any atom is 0.475 e. The summed E-state index contributed by atoms with van der Waals surface area (Å²) in [5.74, 6) is -0.503. The Balaban J connectivity index is 1.34. The Labute approximate surface area is 227 Å². The van der Waals surface area contributed by atoms with Gasteiger partial charge in [-0.3, -0.25) is 22.9 Å². The van der Waals surface area contributed by atoms with Crippen molar-refractivity contribution in [1.82, 2.24) is 24.8 Å². The van der Waals surface area contributed by atoms with Crippen LogP contribution in [0.1, 0.15) is 33.9 Å². The van der Waals surface area contributed by atoms with Gasteiger partial charge < -0.3 is 30.7 Å². The molecule has 0 spiro atoms. The predicted octanol–water partition coefficient (Wildman–Crippen LogP) is 1.33. The maximum absolute atomic E-state index is 13.2. The Morgan fingerprint density at radius 3 is 2.87 bits per heavy atom. The molecule has 5 N–H and O–H groups in total. The third-order valence-corrected chi connectivity index (χ3v) is 8.73. The van der Waals surface area contributed by atoms with Gasteiger partial charge in [0.1, 0.15) is 17.8 Å². The van der Waals surface area contributed by atoms with E-state index in [0.29, 0.717) is 0 Å². The summed E-state index contributed by atoms with van der Waals surface area (Å²) >= 11 is 0.942. The number of nitrogen functional groups attached to an aromatic ring is 1. The minimum absolute atomic E-state index is 0.0524. The molecule has 2 saturated heterocycles. The van der Waals surface area contributed by atoms with E-state index in [0.717, 1.165) is 11.8 Å². The second kappa shape index (κ2) is 11.2. The highest BCUT2D eigenvalue weighted by Gasteiger charge is 2.60. The molecule has 2 aliphatic rings. The molecular weight excluding hydrogens is 559 g/mol. The molecule has 1 amide bonds. The van der Waals surface area contributed by atoms with Gasteiger partial charge >= 0.3 is 13.9 Å². The first-order chi connectivity index (χ1) is 18.3. The van der Waals surface area contributed by atoms with Crippen LogP contribution >= 0.6 is 19.6 Å². The normalized spacial score (nSPS) is 28.8. The van der Waals surface area contributed by atoms with Crippen molar-refractivity contribution in [3.05, 3.63) is 6.33 Å². The molecule has 2 fully saturated rings. The molecule has 2 aromatic heterocycles. The van der Waals surface area contributed by atoms with E-state index in [1.807, 2.05) is 0 Å². The van der Waals surface area contributed by atoms with Gasteiger partial charge in [0.15, 0.2) is 22.5 Å². The van der Waals surface area contributed by atoms with Gasteiger partial charge in [-0.25, -0.2) is 14.3 Å². The van der Waals surface area contributed by atoms with Crippen LogP contribution in [0.5, 0.6) is 5.88 Å². The average molecular weight is 591 g/mol. The number of carbonyl (C=O) groups is 2. The van der Waals surface area contributed by atoms with Crippen molar-refractivity contribution in [3.63, 3.8) is 0 Å². The van der Waals surface area contributed by atoms with Crippen LogP contribution in [0, 0.1) is 5.41 Å². The molecule has 2 aromatic rings. The Morgan fingerprint density at radius 2 is 2.15 bits per heavy atom. The van der Waals surface area contributed by atoms with Crippen LogP contribution in [0.25, 0.3) is 11.2 Å². The Bertz CT molecular complexity index is 1290. The van der Waals surface area contributed by atoms with Crippen LogP contribution in [0.2, 0.25) is 0 Å². The van der Waals surface area contributed by atoms with Crippen molar-refractivity contribution in [2.75, 3.05) is 37.9 Å². The fourth-order valence-electron chi connectivity index (χ4n) is 4.06. The van der Waals surface area contributed by atoms with Gasteiger partial charge in [0.2, 0.25) is 11.8 Å². The van der Waals surface area contributed by atoms with E-state index in [1.165, 1.54) is 17.8 Å². The lowest BCUT2D eigenvalue weighted by Gasteiger charge is -2.35. The topological polar surface area (TPSA) is 219 Å². The van der Waals surface area contributed by atoms with Crippen LogP contribution in [0.4, 0.5) is 10.7 Å². The molecule has 0 aliphatic carbocycles. The van der Waals surface area contributed by atoms with Crippen LogP contribution < -0.4 is 11.1 Å². The number of thioether (sulfide) groups is 1. The number of alkyl carbamates (subject to hydrolysis) is 1. The summed E-state index contributed by atoms with van der Waals surface area (Å²) in [4.78, 5) is 35.9. The molecular formula is C21H31N6O10PS. The van der Waals surface area contributed by atoms with Crippen LogP contribution in [-0.4, -0.2) is 90.9 Å². The average Bonchev–Trinajstić information content (AvgIpc) is 3.38. The first-order valence-electron chi connectivity index (χ1n) is 12.0. The lowest BCUT2D eigenvalue weighted by atomic mass is 9.96. The second-order valence-corrected chi connectivity index (χ2v) is 12.4. The Morgan fingerprint density at radius 1 is 1.41 bits per heavy atom. The van der Waals surface area contributed by atoms with Crippen molar-refractivity contribution >= 4 is 47.9 Å². The Kier molecular flexibility index (Phi) is 8.42. The van der Waals surface area contributed by atoms with E-state index in [4.69, 9.17) is 28.8 Å². The summed E-state index contributed by atoms with van der Waals surface area (Å²) in [5, 5.41) is 23.7. The molecule has 4 rings (SSSR count). The number of aromatic hydroxyl groups is 1. The lowest BCUT2D eigenvalue weighted by molar-refractivity contribution is -0.117. The zero-order valence-corrected chi connectivity index (χ0v) is 23.4. The van der Waals surface area contributed by atoms with E-state index in [-0.39, 0.29) is 54.3 Å². The van der Waals surface area contributed by atoms with Gasteiger partial charge in [0.05, 0.1) is 31.6 Å². The fraction of sp³-hybridized carbons (Fsp3) is 0.667. The molecule has 5 atom stereocenters. The number of hydrogen-bond donors (Lipinski definition) is 4. The molecule has 4 heterocycles. The zero-order valence-electron chi connectivity index (χ0n) is 21.7. The molecule has 0 saturated carbocycles. The number of carbonyl (C=O) groups excluding carboxylic acids is 2. The number of imidazole rings is 1. The van der Waals surface area contributed by atoms with E-state index in [1.54, 1.807) is 20.8 Å². The van der Waals surface area contributed by atoms with Crippen molar-refractivity contribution in [1.29, 1.82) is 0 Å². The summed E-state index contributed by atoms with van der Waals surface area (Å²) in [7, 11) is -4.11. The number of phosphoric acid groups is 1. The first kappa shape index (κ1) is 29.5. The van der Waals surface area contributed by atoms with E-state index < -0.39 is 49.2 Å². The molecule has 18 heteroatoms. The third-order valence-electron chi connectivity index (χ3n) is 6.10. The molecule has 0 aromatic carbocycles. The number of phosphoric ester groups is 1. The molecule has 0 radical (unpaired) electrons. The van der Waals surface area contributed by atoms with Crippen LogP contribution in [0.15, 0.2) is 6.33 Å². The number of aromatic nitrogens is 4. The summed E-state index contributed by atoms with van der Waals surface area (Å²) in [6, 6.07) is 0. The summed E-state index contributed by atoms with van der Waals surface area (Å²) in [5.41, 5.74) is 3.17. The number of hydrogen-bond acceptors (Lipinski definition) is 15. The number of ether oxygens (including phenoxy) is 2. The number of amides is 1. The molecule has 0 bridgehead atoms. The molecule has 216 valence electrons. The third kappa shape index (κ3) is 6.14. The van der Waals surface area contributed by atoms with Gasteiger partial charge in [-0.1, -0.05) is 25.6 Å². The number of nitrogens with two attached hydrogens (primary N) is 1. The van der Waals surface area contributed by atoms with Crippen LogP contribution in [-0.2, 0) is 32.4 Å². The van der Waals surface area contributed by atoms with Gasteiger partial charge in [0, 0.05) is 12.3 Å². The highest BCUT2D eigenvalue weighted by Crippen LogP contribution is 2.58.